The van der Waals surface area contributed by atoms with E-state index in [4.69, 9.17) is 10.5 Å². The summed E-state index contributed by atoms with van der Waals surface area (Å²) in [5.41, 5.74) is 9.43. The number of nitrogens with one attached hydrogen (secondary N) is 1. The van der Waals surface area contributed by atoms with Crippen molar-refractivity contribution in [2.45, 2.75) is 25.7 Å². The minimum atomic E-state index is 0.693. The molecule has 3 N–H and O–H groups in total. The number of nitrogen functional groups attached to an aromatic ring is 1. The Morgan fingerprint density at radius 2 is 1.73 bits per heavy atom. The van der Waals surface area contributed by atoms with Crippen molar-refractivity contribution in [1.82, 2.24) is 5.32 Å². The second-order valence-corrected chi connectivity index (χ2v) is 5.52. The Labute approximate surface area is 133 Å². The van der Waals surface area contributed by atoms with Crippen molar-refractivity contribution >= 4 is 5.69 Å². The lowest BCUT2D eigenvalue weighted by Gasteiger charge is -2.10. The van der Waals surface area contributed by atoms with Crippen LogP contribution < -0.4 is 15.8 Å². The van der Waals surface area contributed by atoms with Crippen LogP contribution in [0.2, 0.25) is 0 Å². The second-order valence-electron chi connectivity index (χ2n) is 5.52. The molecule has 118 valence electrons. The molecule has 0 aliphatic heterocycles. The highest BCUT2D eigenvalue weighted by Crippen LogP contribution is 2.23. The van der Waals surface area contributed by atoms with E-state index in [9.17, 15) is 0 Å². The summed E-state index contributed by atoms with van der Waals surface area (Å²) < 4.78 is 5.80. The molecule has 0 fully saturated rings. The molecular formula is C19H26N2O. The number of nitrogens with two attached hydrogens (primary N) is 1. The molecule has 22 heavy (non-hydrogen) atoms. The van der Waals surface area contributed by atoms with Crippen LogP contribution in [0.15, 0.2) is 48.5 Å². The molecule has 0 radical (unpaired) electrons. The Hall–Kier alpha value is -2.00. The number of benzene rings is 2. The molecule has 0 heterocycles. The van der Waals surface area contributed by atoms with Crippen molar-refractivity contribution in [3.8, 4) is 5.75 Å². The van der Waals surface area contributed by atoms with Gasteiger partial charge >= 0.3 is 0 Å². The lowest BCUT2D eigenvalue weighted by Crippen LogP contribution is -2.08. The zero-order valence-electron chi connectivity index (χ0n) is 13.3. The number of anilines is 1. The van der Waals surface area contributed by atoms with Gasteiger partial charge in [0.2, 0.25) is 0 Å². The van der Waals surface area contributed by atoms with Crippen LogP contribution in [0.5, 0.6) is 5.75 Å². The molecule has 0 spiro atoms. The summed E-state index contributed by atoms with van der Waals surface area (Å²) >= 11 is 0. The summed E-state index contributed by atoms with van der Waals surface area (Å²) in [6.07, 6.45) is 4.18. The SMILES string of the molecule is CNCCCc1ccc(OCCCc2ccccc2)c(N)c1. The quantitative estimate of drug-likeness (QED) is 0.551. The highest BCUT2D eigenvalue weighted by Gasteiger charge is 2.02. The largest absolute Gasteiger partial charge is 0.491 e. The molecule has 0 bridgehead atoms. The van der Waals surface area contributed by atoms with Gasteiger partial charge in [-0.05, 0) is 62.5 Å². The predicted molar refractivity (Wildman–Crippen MR) is 93.4 cm³/mol. The van der Waals surface area contributed by atoms with E-state index in [0.29, 0.717) is 6.61 Å². The molecule has 0 aromatic heterocycles. The van der Waals surface area contributed by atoms with Gasteiger partial charge in [0.25, 0.3) is 0 Å². The molecule has 3 heteroatoms. The fourth-order valence-electron chi connectivity index (χ4n) is 2.46. The van der Waals surface area contributed by atoms with Crippen molar-refractivity contribution < 1.29 is 4.74 Å². The summed E-state index contributed by atoms with van der Waals surface area (Å²) in [4.78, 5) is 0. The Morgan fingerprint density at radius 1 is 0.955 bits per heavy atom. The highest BCUT2D eigenvalue weighted by molar-refractivity contribution is 5.54. The van der Waals surface area contributed by atoms with Crippen LogP contribution in [-0.4, -0.2) is 20.2 Å². The first-order valence-electron chi connectivity index (χ1n) is 7.99. The van der Waals surface area contributed by atoms with Crippen molar-refractivity contribution in [2.24, 2.45) is 0 Å². The minimum Gasteiger partial charge on any atom is -0.491 e. The number of rotatable bonds is 9. The topological polar surface area (TPSA) is 47.3 Å². The smallest absolute Gasteiger partial charge is 0.142 e. The summed E-state index contributed by atoms with van der Waals surface area (Å²) in [7, 11) is 1.97. The first kappa shape index (κ1) is 16.4. The van der Waals surface area contributed by atoms with Gasteiger partial charge in [0.1, 0.15) is 5.75 Å². The van der Waals surface area contributed by atoms with E-state index in [2.05, 4.69) is 35.6 Å². The van der Waals surface area contributed by atoms with Gasteiger partial charge in [-0.3, -0.25) is 0 Å². The van der Waals surface area contributed by atoms with Gasteiger partial charge in [0, 0.05) is 0 Å². The Balaban J connectivity index is 1.75. The van der Waals surface area contributed by atoms with E-state index < -0.39 is 0 Å². The molecule has 2 aromatic rings. The van der Waals surface area contributed by atoms with Crippen LogP contribution in [0.3, 0.4) is 0 Å². The number of aryl methyl sites for hydroxylation is 2. The van der Waals surface area contributed by atoms with E-state index in [1.807, 2.05) is 25.2 Å². The molecule has 0 aliphatic carbocycles. The van der Waals surface area contributed by atoms with Gasteiger partial charge in [0.05, 0.1) is 12.3 Å². The molecule has 3 nitrogen and oxygen atoms in total. The number of hydrogen-bond acceptors (Lipinski definition) is 3. The normalized spacial score (nSPS) is 10.6. The van der Waals surface area contributed by atoms with Crippen LogP contribution >= 0.6 is 0 Å². The van der Waals surface area contributed by atoms with Crippen LogP contribution in [0.4, 0.5) is 5.69 Å². The fourth-order valence-corrected chi connectivity index (χ4v) is 2.46. The fraction of sp³-hybridized carbons (Fsp3) is 0.368. The van der Waals surface area contributed by atoms with Gasteiger partial charge in [0.15, 0.2) is 0 Å². The maximum Gasteiger partial charge on any atom is 0.142 e. The summed E-state index contributed by atoms with van der Waals surface area (Å²) in [6, 6.07) is 16.6. The van der Waals surface area contributed by atoms with Crippen LogP contribution in [0.25, 0.3) is 0 Å². The molecule has 0 saturated carbocycles. The average molecular weight is 298 g/mol. The van der Waals surface area contributed by atoms with Crippen LogP contribution in [0, 0.1) is 0 Å². The van der Waals surface area contributed by atoms with Crippen molar-refractivity contribution in [1.29, 1.82) is 0 Å². The molecule has 0 atom stereocenters. The maximum atomic E-state index is 6.08. The standard InChI is InChI=1S/C19H26N2O/c1-21-13-5-9-17-11-12-19(18(20)15-17)22-14-6-10-16-7-3-2-4-8-16/h2-4,7-8,11-12,15,21H,5-6,9-10,13-14,20H2,1H3. The van der Waals surface area contributed by atoms with Gasteiger partial charge in [-0.2, -0.15) is 0 Å². The molecule has 0 aliphatic rings. The lowest BCUT2D eigenvalue weighted by atomic mass is 10.1. The van der Waals surface area contributed by atoms with E-state index in [1.54, 1.807) is 0 Å². The van der Waals surface area contributed by atoms with E-state index >= 15 is 0 Å². The Kier molecular flexibility index (Phi) is 6.78. The highest BCUT2D eigenvalue weighted by atomic mass is 16.5. The third-order valence-electron chi connectivity index (χ3n) is 3.68. The van der Waals surface area contributed by atoms with Gasteiger partial charge in [-0.15, -0.1) is 0 Å². The Bertz CT molecular complexity index is 555. The van der Waals surface area contributed by atoms with Gasteiger partial charge < -0.3 is 15.8 Å². The monoisotopic (exact) mass is 298 g/mol. The zero-order chi connectivity index (χ0) is 15.6. The van der Waals surface area contributed by atoms with Crippen LogP contribution in [-0.2, 0) is 12.8 Å². The second kappa shape index (κ2) is 9.11. The molecular weight excluding hydrogens is 272 g/mol. The number of hydrogen-bond donors (Lipinski definition) is 2. The molecule has 2 aromatic carbocycles. The third-order valence-corrected chi connectivity index (χ3v) is 3.68. The first-order valence-corrected chi connectivity index (χ1v) is 7.99. The minimum absolute atomic E-state index is 0.693. The molecule has 2 rings (SSSR count). The summed E-state index contributed by atoms with van der Waals surface area (Å²) in [5.74, 6) is 0.797. The lowest BCUT2D eigenvalue weighted by molar-refractivity contribution is 0.312. The van der Waals surface area contributed by atoms with E-state index in [0.717, 1.165) is 43.7 Å². The van der Waals surface area contributed by atoms with Crippen LogP contribution in [0.1, 0.15) is 24.0 Å². The number of ether oxygens (including phenoxy) is 1. The predicted octanol–water partition coefficient (Wildman–Crippen LogP) is 3.43. The van der Waals surface area contributed by atoms with Crippen molar-refractivity contribution in [3.63, 3.8) is 0 Å². The van der Waals surface area contributed by atoms with Gasteiger partial charge in [-0.1, -0.05) is 36.4 Å². The molecule has 0 saturated heterocycles. The van der Waals surface area contributed by atoms with E-state index in [-0.39, 0.29) is 0 Å². The summed E-state index contributed by atoms with van der Waals surface area (Å²) in [5, 5.41) is 3.16. The Morgan fingerprint density at radius 3 is 2.45 bits per heavy atom. The average Bonchev–Trinajstić information content (AvgIpc) is 2.54. The molecule has 0 amide bonds. The van der Waals surface area contributed by atoms with Crippen molar-refractivity contribution in [2.75, 3.05) is 25.9 Å². The summed E-state index contributed by atoms with van der Waals surface area (Å²) in [6.45, 7) is 1.72. The third kappa shape index (κ3) is 5.41. The first-order chi connectivity index (χ1) is 10.8. The van der Waals surface area contributed by atoms with Crippen molar-refractivity contribution in [3.05, 3.63) is 59.7 Å². The van der Waals surface area contributed by atoms with Gasteiger partial charge in [-0.25, -0.2) is 0 Å². The van der Waals surface area contributed by atoms with E-state index in [1.165, 1.54) is 11.1 Å². The zero-order valence-corrected chi connectivity index (χ0v) is 13.3. The maximum absolute atomic E-state index is 6.08. The molecule has 0 unspecified atom stereocenters.